The van der Waals surface area contributed by atoms with Crippen LogP contribution in [0.1, 0.15) is 32.0 Å². The summed E-state index contributed by atoms with van der Waals surface area (Å²) in [5.41, 5.74) is 1.15. The van der Waals surface area contributed by atoms with E-state index >= 15 is 0 Å². The van der Waals surface area contributed by atoms with E-state index in [-0.39, 0.29) is 23.8 Å². The van der Waals surface area contributed by atoms with E-state index in [1.807, 2.05) is 4.90 Å². The molecule has 1 N–H and O–H groups in total. The average molecular weight is 359 g/mol. The summed E-state index contributed by atoms with van der Waals surface area (Å²) >= 11 is 0. The Kier molecular flexibility index (Phi) is 4.84. The maximum Gasteiger partial charge on any atom is 0.276 e. The molecule has 3 heterocycles. The summed E-state index contributed by atoms with van der Waals surface area (Å²) in [4.78, 5) is 45.7. The quantitative estimate of drug-likeness (QED) is 0.865. The van der Waals surface area contributed by atoms with Crippen LogP contribution in [0.25, 0.3) is 5.65 Å². The van der Waals surface area contributed by atoms with Gasteiger partial charge in [0.1, 0.15) is 6.04 Å². The number of aromatic amines is 1. The van der Waals surface area contributed by atoms with Gasteiger partial charge in [-0.1, -0.05) is 13.8 Å². The first-order chi connectivity index (χ1) is 12.3. The predicted molar refractivity (Wildman–Crippen MR) is 96.8 cm³/mol. The van der Waals surface area contributed by atoms with Gasteiger partial charge in [-0.05, 0) is 19.8 Å². The van der Waals surface area contributed by atoms with Gasteiger partial charge in [-0.25, -0.2) is 9.50 Å². The van der Waals surface area contributed by atoms with Gasteiger partial charge in [-0.15, -0.1) is 0 Å². The smallest absolute Gasteiger partial charge is 0.276 e. The monoisotopic (exact) mass is 359 g/mol. The fraction of sp³-hybridized carbons (Fsp3) is 0.556. The lowest BCUT2D eigenvalue weighted by molar-refractivity contribution is -0.150. The van der Waals surface area contributed by atoms with Gasteiger partial charge in [0, 0.05) is 43.2 Å². The second-order valence-electron chi connectivity index (χ2n) is 7.25. The Morgan fingerprint density at radius 1 is 1.35 bits per heavy atom. The van der Waals surface area contributed by atoms with Gasteiger partial charge in [-0.3, -0.25) is 19.5 Å². The van der Waals surface area contributed by atoms with Crippen molar-refractivity contribution in [1.82, 2.24) is 24.4 Å². The highest BCUT2D eigenvalue weighted by atomic mass is 16.2. The molecule has 3 rings (SSSR count). The van der Waals surface area contributed by atoms with Crippen LogP contribution in [0.4, 0.5) is 0 Å². The SMILES string of the molecule is Cc1nc2cc[nH]n2c(=O)c1CC(=O)N1CCN(CC(C)C)C(=O)C1C. The first-order valence-electron chi connectivity index (χ1n) is 8.93. The normalized spacial score (nSPS) is 18.2. The van der Waals surface area contributed by atoms with E-state index in [1.165, 1.54) is 4.52 Å². The van der Waals surface area contributed by atoms with Crippen molar-refractivity contribution in [1.29, 1.82) is 0 Å². The molecule has 1 fully saturated rings. The minimum absolute atomic E-state index is 0.0373. The number of hydrogen-bond acceptors (Lipinski definition) is 4. The number of piperazine rings is 1. The van der Waals surface area contributed by atoms with Gasteiger partial charge in [0.05, 0.1) is 6.42 Å². The van der Waals surface area contributed by atoms with Gasteiger partial charge < -0.3 is 9.80 Å². The van der Waals surface area contributed by atoms with Crippen LogP contribution in [0.2, 0.25) is 0 Å². The second-order valence-corrected chi connectivity index (χ2v) is 7.25. The molecule has 8 heteroatoms. The highest BCUT2D eigenvalue weighted by Crippen LogP contribution is 2.15. The lowest BCUT2D eigenvalue weighted by atomic mass is 10.1. The van der Waals surface area contributed by atoms with Crippen molar-refractivity contribution in [3.63, 3.8) is 0 Å². The minimum atomic E-state index is -0.514. The Labute approximate surface area is 151 Å². The predicted octanol–water partition coefficient (Wildman–Crippen LogP) is 0.589. The summed E-state index contributed by atoms with van der Waals surface area (Å²) in [5, 5.41) is 2.80. The molecule has 1 atom stereocenters. The minimum Gasteiger partial charge on any atom is -0.339 e. The molecule has 8 nitrogen and oxygen atoms in total. The Balaban J connectivity index is 1.79. The summed E-state index contributed by atoms with van der Waals surface area (Å²) in [6, 6.07) is 1.19. The van der Waals surface area contributed by atoms with E-state index in [0.29, 0.717) is 42.5 Å². The Bertz CT molecular complexity index is 898. The van der Waals surface area contributed by atoms with E-state index in [9.17, 15) is 14.4 Å². The molecule has 0 aromatic carbocycles. The van der Waals surface area contributed by atoms with Crippen molar-refractivity contribution in [2.75, 3.05) is 19.6 Å². The average Bonchev–Trinajstić information content (AvgIpc) is 3.03. The van der Waals surface area contributed by atoms with Crippen molar-refractivity contribution in [3.8, 4) is 0 Å². The fourth-order valence-electron chi connectivity index (χ4n) is 3.45. The number of amides is 2. The maximum absolute atomic E-state index is 12.8. The van der Waals surface area contributed by atoms with E-state index < -0.39 is 6.04 Å². The van der Waals surface area contributed by atoms with Gasteiger partial charge >= 0.3 is 0 Å². The van der Waals surface area contributed by atoms with Gasteiger partial charge in [0.2, 0.25) is 11.8 Å². The summed E-state index contributed by atoms with van der Waals surface area (Å²) in [5.74, 6) is 0.128. The number of H-pyrrole nitrogens is 1. The van der Waals surface area contributed by atoms with Gasteiger partial charge in [0.15, 0.2) is 5.65 Å². The number of aromatic nitrogens is 3. The fourth-order valence-corrected chi connectivity index (χ4v) is 3.45. The zero-order valence-electron chi connectivity index (χ0n) is 15.7. The molecule has 1 unspecified atom stereocenters. The highest BCUT2D eigenvalue weighted by molar-refractivity contribution is 5.89. The molecule has 0 radical (unpaired) electrons. The third-order valence-electron chi connectivity index (χ3n) is 4.83. The Morgan fingerprint density at radius 2 is 2.08 bits per heavy atom. The number of rotatable bonds is 4. The summed E-state index contributed by atoms with van der Waals surface area (Å²) in [6.07, 6.45) is 1.57. The summed E-state index contributed by atoms with van der Waals surface area (Å²) in [6.45, 7) is 9.31. The first kappa shape index (κ1) is 18.2. The van der Waals surface area contributed by atoms with Gasteiger partial charge in [-0.2, -0.15) is 0 Å². The van der Waals surface area contributed by atoms with Crippen LogP contribution in [0.5, 0.6) is 0 Å². The number of carbonyl (C=O) groups excluding carboxylic acids is 2. The number of carbonyl (C=O) groups is 2. The zero-order valence-corrected chi connectivity index (χ0v) is 15.7. The van der Waals surface area contributed by atoms with Crippen molar-refractivity contribution in [2.24, 2.45) is 5.92 Å². The molecule has 140 valence electrons. The van der Waals surface area contributed by atoms with E-state index in [4.69, 9.17) is 0 Å². The standard InChI is InChI=1S/C18H25N5O3/c1-11(2)10-21-7-8-22(13(4)17(21)25)16(24)9-14-12(3)20-15-5-6-19-23(15)18(14)26/h5-6,11,13,19H,7-10H2,1-4H3. The maximum atomic E-state index is 12.8. The molecule has 2 amide bonds. The van der Waals surface area contributed by atoms with Crippen LogP contribution in [0.3, 0.4) is 0 Å². The molecule has 26 heavy (non-hydrogen) atoms. The molecule has 0 aliphatic carbocycles. The molecule has 0 spiro atoms. The number of nitrogens with zero attached hydrogens (tertiary/aromatic N) is 4. The topological polar surface area (TPSA) is 90.8 Å². The van der Waals surface area contributed by atoms with Crippen LogP contribution >= 0.6 is 0 Å². The molecule has 0 saturated carbocycles. The Hall–Kier alpha value is -2.64. The van der Waals surface area contributed by atoms with Crippen molar-refractivity contribution in [3.05, 3.63) is 33.9 Å². The first-order valence-corrected chi connectivity index (χ1v) is 8.93. The zero-order chi connectivity index (χ0) is 19.0. The number of hydrogen-bond donors (Lipinski definition) is 1. The molecule has 1 saturated heterocycles. The molecule has 2 aromatic rings. The largest absolute Gasteiger partial charge is 0.339 e. The van der Waals surface area contributed by atoms with Crippen LogP contribution < -0.4 is 5.56 Å². The third-order valence-corrected chi connectivity index (χ3v) is 4.83. The molecule has 1 aliphatic heterocycles. The molecular formula is C18H25N5O3. The van der Waals surface area contributed by atoms with E-state index in [2.05, 4.69) is 23.9 Å². The van der Waals surface area contributed by atoms with Crippen molar-refractivity contribution >= 4 is 17.5 Å². The summed E-state index contributed by atoms with van der Waals surface area (Å²) in [7, 11) is 0. The number of fused-ring (bicyclic) bond motifs is 1. The lowest BCUT2D eigenvalue weighted by Crippen LogP contribution is -2.58. The third kappa shape index (κ3) is 3.23. The lowest BCUT2D eigenvalue weighted by Gasteiger charge is -2.39. The highest BCUT2D eigenvalue weighted by Gasteiger charge is 2.34. The summed E-state index contributed by atoms with van der Waals surface area (Å²) < 4.78 is 1.32. The van der Waals surface area contributed by atoms with Crippen LogP contribution in [0.15, 0.2) is 17.1 Å². The van der Waals surface area contributed by atoms with E-state index in [0.717, 1.165) is 0 Å². The van der Waals surface area contributed by atoms with Crippen LogP contribution in [0, 0.1) is 12.8 Å². The molecule has 0 bridgehead atoms. The van der Waals surface area contributed by atoms with Crippen molar-refractivity contribution in [2.45, 2.75) is 40.2 Å². The number of aryl methyl sites for hydroxylation is 1. The van der Waals surface area contributed by atoms with E-state index in [1.54, 1.807) is 31.0 Å². The Morgan fingerprint density at radius 3 is 2.77 bits per heavy atom. The second kappa shape index (κ2) is 6.93. The van der Waals surface area contributed by atoms with Gasteiger partial charge in [0.25, 0.3) is 5.56 Å². The molecular weight excluding hydrogens is 334 g/mol. The molecule has 1 aliphatic rings. The number of nitrogens with one attached hydrogen (secondary N) is 1. The van der Waals surface area contributed by atoms with Crippen LogP contribution in [-0.4, -0.2) is 61.9 Å². The van der Waals surface area contributed by atoms with Crippen molar-refractivity contribution < 1.29 is 9.59 Å². The van der Waals surface area contributed by atoms with Crippen LogP contribution in [-0.2, 0) is 16.0 Å². The molecule has 2 aromatic heterocycles.